The van der Waals surface area contributed by atoms with Crippen LogP contribution in [0, 0.1) is 5.41 Å². The molecule has 17 heavy (non-hydrogen) atoms. The van der Waals surface area contributed by atoms with Crippen molar-refractivity contribution in [3.05, 3.63) is 0 Å². The third-order valence-corrected chi connectivity index (χ3v) is 4.81. The molecule has 2 fully saturated rings. The lowest BCUT2D eigenvalue weighted by atomic mass is 9.85. The molecule has 1 heterocycles. The number of nitrogens with zero attached hydrogens (tertiary/aromatic N) is 1. The SMILES string of the molecule is CC1(O)CCCN(CC2(CN)CCCC2)CC1. The molecule has 0 bridgehead atoms. The summed E-state index contributed by atoms with van der Waals surface area (Å²) in [5, 5.41) is 10.1. The fourth-order valence-electron chi connectivity index (χ4n) is 3.50. The summed E-state index contributed by atoms with van der Waals surface area (Å²) in [5.74, 6) is 0. The van der Waals surface area contributed by atoms with Crippen LogP contribution in [0.1, 0.15) is 51.9 Å². The maximum absolute atomic E-state index is 10.1. The van der Waals surface area contributed by atoms with E-state index in [0.717, 1.165) is 45.4 Å². The van der Waals surface area contributed by atoms with Crippen LogP contribution in [-0.4, -0.2) is 41.8 Å². The van der Waals surface area contributed by atoms with Gasteiger partial charge in [0.1, 0.15) is 0 Å². The molecule has 100 valence electrons. The average molecular weight is 240 g/mol. The Morgan fingerprint density at radius 1 is 1.06 bits per heavy atom. The molecule has 1 unspecified atom stereocenters. The summed E-state index contributed by atoms with van der Waals surface area (Å²) in [5.41, 5.74) is 5.94. The van der Waals surface area contributed by atoms with Crippen molar-refractivity contribution in [2.45, 2.75) is 57.5 Å². The monoisotopic (exact) mass is 240 g/mol. The Morgan fingerprint density at radius 2 is 1.76 bits per heavy atom. The zero-order chi connectivity index (χ0) is 12.4. The van der Waals surface area contributed by atoms with Gasteiger partial charge in [-0.2, -0.15) is 0 Å². The minimum Gasteiger partial charge on any atom is -0.390 e. The van der Waals surface area contributed by atoms with Crippen LogP contribution in [0.25, 0.3) is 0 Å². The molecule has 2 rings (SSSR count). The van der Waals surface area contributed by atoms with Crippen molar-refractivity contribution in [1.29, 1.82) is 0 Å². The molecule has 3 nitrogen and oxygen atoms in total. The summed E-state index contributed by atoms with van der Waals surface area (Å²) in [6.07, 6.45) is 8.28. The normalized spacial score (nSPS) is 34.8. The lowest BCUT2D eigenvalue weighted by molar-refractivity contribution is 0.0429. The molecule has 1 saturated carbocycles. The van der Waals surface area contributed by atoms with Crippen molar-refractivity contribution >= 4 is 0 Å². The van der Waals surface area contributed by atoms with Gasteiger partial charge in [-0.25, -0.2) is 0 Å². The van der Waals surface area contributed by atoms with Crippen LogP contribution in [0.15, 0.2) is 0 Å². The molecule has 3 heteroatoms. The lowest BCUT2D eigenvalue weighted by Crippen LogP contribution is -2.41. The zero-order valence-electron chi connectivity index (χ0n) is 11.2. The van der Waals surface area contributed by atoms with Gasteiger partial charge in [0.25, 0.3) is 0 Å². The summed E-state index contributed by atoms with van der Waals surface area (Å²) in [6, 6.07) is 0. The molecule has 1 aliphatic carbocycles. The maximum Gasteiger partial charge on any atom is 0.0632 e. The van der Waals surface area contributed by atoms with Gasteiger partial charge < -0.3 is 15.7 Å². The van der Waals surface area contributed by atoms with Crippen LogP contribution < -0.4 is 5.73 Å². The largest absolute Gasteiger partial charge is 0.390 e. The van der Waals surface area contributed by atoms with Gasteiger partial charge in [-0.15, -0.1) is 0 Å². The van der Waals surface area contributed by atoms with Gasteiger partial charge in [-0.3, -0.25) is 0 Å². The Labute approximate surface area is 105 Å². The molecule has 1 atom stereocenters. The van der Waals surface area contributed by atoms with Crippen LogP contribution in [-0.2, 0) is 0 Å². The number of rotatable bonds is 3. The topological polar surface area (TPSA) is 49.5 Å². The van der Waals surface area contributed by atoms with Crippen molar-refractivity contribution in [2.75, 3.05) is 26.2 Å². The van der Waals surface area contributed by atoms with E-state index >= 15 is 0 Å². The number of aliphatic hydroxyl groups is 1. The summed E-state index contributed by atoms with van der Waals surface area (Å²) in [4.78, 5) is 2.54. The first kappa shape index (κ1) is 13.3. The maximum atomic E-state index is 10.1. The quantitative estimate of drug-likeness (QED) is 0.790. The highest BCUT2D eigenvalue weighted by Gasteiger charge is 2.35. The van der Waals surface area contributed by atoms with Gasteiger partial charge in [-0.1, -0.05) is 12.8 Å². The van der Waals surface area contributed by atoms with E-state index in [-0.39, 0.29) is 0 Å². The van der Waals surface area contributed by atoms with Crippen LogP contribution in [0.2, 0.25) is 0 Å². The van der Waals surface area contributed by atoms with E-state index in [9.17, 15) is 5.11 Å². The van der Waals surface area contributed by atoms with Crippen molar-refractivity contribution in [3.8, 4) is 0 Å². The van der Waals surface area contributed by atoms with Crippen LogP contribution in [0.5, 0.6) is 0 Å². The zero-order valence-corrected chi connectivity index (χ0v) is 11.2. The van der Waals surface area contributed by atoms with E-state index in [0.29, 0.717) is 5.41 Å². The van der Waals surface area contributed by atoms with Gasteiger partial charge in [0.15, 0.2) is 0 Å². The Bertz CT molecular complexity index is 247. The first-order valence-corrected chi connectivity index (χ1v) is 7.20. The van der Waals surface area contributed by atoms with Crippen molar-refractivity contribution in [3.63, 3.8) is 0 Å². The van der Waals surface area contributed by atoms with E-state index in [4.69, 9.17) is 5.73 Å². The number of hydrogen-bond acceptors (Lipinski definition) is 3. The van der Waals surface area contributed by atoms with Crippen molar-refractivity contribution in [2.24, 2.45) is 11.1 Å². The van der Waals surface area contributed by atoms with Crippen molar-refractivity contribution in [1.82, 2.24) is 4.90 Å². The van der Waals surface area contributed by atoms with Gasteiger partial charge in [0, 0.05) is 13.1 Å². The molecule has 0 aromatic rings. The van der Waals surface area contributed by atoms with Crippen LogP contribution >= 0.6 is 0 Å². The first-order valence-electron chi connectivity index (χ1n) is 7.20. The molecule has 1 aliphatic heterocycles. The van der Waals surface area contributed by atoms with Crippen LogP contribution in [0.3, 0.4) is 0 Å². The molecule has 0 spiro atoms. The highest BCUT2D eigenvalue weighted by Crippen LogP contribution is 2.38. The molecular formula is C14H28N2O. The van der Waals surface area contributed by atoms with Crippen LogP contribution in [0.4, 0.5) is 0 Å². The van der Waals surface area contributed by atoms with E-state index in [2.05, 4.69) is 4.90 Å². The minimum absolute atomic E-state index is 0.385. The Balaban J connectivity index is 1.90. The highest BCUT2D eigenvalue weighted by molar-refractivity contribution is 4.90. The summed E-state index contributed by atoms with van der Waals surface area (Å²) < 4.78 is 0. The highest BCUT2D eigenvalue weighted by atomic mass is 16.3. The molecular weight excluding hydrogens is 212 g/mol. The molecule has 0 radical (unpaired) electrons. The molecule has 0 aromatic heterocycles. The Hall–Kier alpha value is -0.120. The second-order valence-corrected chi connectivity index (χ2v) is 6.54. The fraction of sp³-hybridized carbons (Fsp3) is 1.00. The van der Waals surface area contributed by atoms with E-state index in [1.165, 1.54) is 25.7 Å². The number of hydrogen-bond donors (Lipinski definition) is 2. The molecule has 1 saturated heterocycles. The van der Waals surface area contributed by atoms with Gasteiger partial charge >= 0.3 is 0 Å². The predicted molar refractivity (Wildman–Crippen MR) is 70.9 cm³/mol. The number of nitrogens with two attached hydrogens (primary N) is 1. The molecule has 0 amide bonds. The predicted octanol–water partition coefficient (Wildman–Crippen LogP) is 1.74. The fourth-order valence-corrected chi connectivity index (χ4v) is 3.50. The lowest BCUT2D eigenvalue weighted by Gasteiger charge is -2.34. The van der Waals surface area contributed by atoms with Gasteiger partial charge in [0.2, 0.25) is 0 Å². The molecule has 0 aromatic carbocycles. The second kappa shape index (κ2) is 5.25. The summed E-state index contributed by atoms with van der Waals surface area (Å²) in [6.45, 7) is 6.14. The standard InChI is InChI=1S/C14H28N2O/c1-13(17)5-4-9-16(10-8-13)12-14(11-15)6-2-3-7-14/h17H,2-12,15H2,1H3. The van der Waals surface area contributed by atoms with E-state index < -0.39 is 5.60 Å². The molecule has 3 N–H and O–H groups in total. The third-order valence-electron chi connectivity index (χ3n) is 4.81. The second-order valence-electron chi connectivity index (χ2n) is 6.54. The number of likely N-dealkylation sites (tertiary alicyclic amines) is 1. The van der Waals surface area contributed by atoms with Gasteiger partial charge in [0.05, 0.1) is 5.60 Å². The Morgan fingerprint density at radius 3 is 2.41 bits per heavy atom. The first-order chi connectivity index (χ1) is 8.05. The van der Waals surface area contributed by atoms with Crippen molar-refractivity contribution < 1.29 is 5.11 Å². The summed E-state index contributed by atoms with van der Waals surface area (Å²) in [7, 11) is 0. The van der Waals surface area contributed by atoms with Gasteiger partial charge in [-0.05, 0) is 57.5 Å². The third kappa shape index (κ3) is 3.43. The average Bonchev–Trinajstić information content (AvgIpc) is 2.68. The smallest absolute Gasteiger partial charge is 0.0632 e. The molecule has 2 aliphatic rings. The Kier molecular flexibility index (Phi) is 4.11. The summed E-state index contributed by atoms with van der Waals surface area (Å²) >= 11 is 0. The van der Waals surface area contributed by atoms with E-state index in [1.807, 2.05) is 6.92 Å². The minimum atomic E-state index is -0.444. The van der Waals surface area contributed by atoms with E-state index in [1.54, 1.807) is 0 Å².